The Labute approximate surface area is 109 Å². The number of benzene rings is 1. The van der Waals surface area contributed by atoms with Crippen LogP contribution in [0.5, 0.6) is 0 Å². The highest BCUT2D eigenvalue weighted by atomic mass is 16.2. The van der Waals surface area contributed by atoms with E-state index in [2.05, 4.69) is 10.6 Å². The number of imide groups is 1. The summed E-state index contributed by atoms with van der Waals surface area (Å²) in [6.45, 7) is 0. The van der Waals surface area contributed by atoms with Gasteiger partial charge in [0.15, 0.2) is 0 Å². The summed E-state index contributed by atoms with van der Waals surface area (Å²) < 4.78 is 0. The van der Waals surface area contributed by atoms with Gasteiger partial charge in [-0.2, -0.15) is 0 Å². The van der Waals surface area contributed by atoms with Gasteiger partial charge in [0.1, 0.15) is 5.92 Å². The maximum absolute atomic E-state index is 12.4. The highest BCUT2D eigenvalue weighted by Gasteiger charge is 2.63. The summed E-state index contributed by atoms with van der Waals surface area (Å²) in [4.78, 5) is 36.5. The Morgan fingerprint density at radius 1 is 1.11 bits per heavy atom. The molecular formula is C14H12N2O3. The van der Waals surface area contributed by atoms with E-state index in [-0.39, 0.29) is 11.8 Å². The number of aryl methyl sites for hydroxylation is 1. The van der Waals surface area contributed by atoms with Crippen molar-refractivity contribution in [2.75, 3.05) is 5.32 Å². The third-order valence-electron chi connectivity index (χ3n) is 4.53. The Bertz CT molecular complexity index is 652. The maximum atomic E-state index is 12.4. The van der Waals surface area contributed by atoms with Crippen LogP contribution in [0.1, 0.15) is 24.0 Å². The number of carbonyl (C=O) groups excluding carboxylic acids is 3. The molecule has 1 aliphatic carbocycles. The number of rotatable bonds is 0. The molecule has 5 heteroatoms. The number of anilines is 1. The van der Waals surface area contributed by atoms with Crippen molar-refractivity contribution in [3.8, 4) is 0 Å². The first-order valence-corrected chi connectivity index (χ1v) is 6.43. The van der Waals surface area contributed by atoms with Gasteiger partial charge in [-0.15, -0.1) is 0 Å². The molecule has 4 rings (SSSR count). The standard InChI is InChI=1S/C14H12N2O3/c17-11-10-12(18)16-13(19)14(10)6-2-4-7-3-1-5-8(15-11)9(7)14/h1,3,5,10H,2,4,6H2,(H,15,17)(H,16,18,19). The molecule has 0 aromatic heterocycles. The fourth-order valence-electron chi connectivity index (χ4n) is 3.84. The largest absolute Gasteiger partial charge is 0.325 e. The van der Waals surface area contributed by atoms with E-state index in [1.165, 1.54) is 0 Å². The SMILES string of the molecule is O=C1NC(=O)C23CCCc4cccc(c42)NC(=O)C13. The first-order chi connectivity index (χ1) is 9.14. The highest BCUT2D eigenvalue weighted by molar-refractivity contribution is 6.24. The van der Waals surface area contributed by atoms with Gasteiger partial charge in [-0.05, 0) is 36.5 Å². The molecule has 0 radical (unpaired) electrons. The van der Waals surface area contributed by atoms with Gasteiger partial charge < -0.3 is 5.32 Å². The van der Waals surface area contributed by atoms with Gasteiger partial charge in [0.25, 0.3) is 0 Å². The van der Waals surface area contributed by atoms with Crippen LogP contribution in [0.2, 0.25) is 0 Å². The molecule has 2 N–H and O–H groups in total. The Morgan fingerprint density at radius 2 is 1.89 bits per heavy atom. The summed E-state index contributed by atoms with van der Waals surface area (Å²) in [5, 5.41) is 5.11. The predicted molar refractivity (Wildman–Crippen MR) is 66.3 cm³/mol. The molecule has 2 heterocycles. The van der Waals surface area contributed by atoms with Crippen molar-refractivity contribution in [2.24, 2.45) is 5.92 Å². The topological polar surface area (TPSA) is 75.3 Å². The minimum Gasteiger partial charge on any atom is -0.325 e. The quantitative estimate of drug-likeness (QED) is 0.524. The number of hydrogen-bond donors (Lipinski definition) is 2. The van der Waals surface area contributed by atoms with Gasteiger partial charge in [-0.1, -0.05) is 12.1 Å². The van der Waals surface area contributed by atoms with Crippen molar-refractivity contribution in [2.45, 2.75) is 24.7 Å². The maximum Gasteiger partial charge on any atom is 0.240 e. The van der Waals surface area contributed by atoms with Crippen molar-refractivity contribution >= 4 is 23.4 Å². The van der Waals surface area contributed by atoms with Crippen LogP contribution in [-0.4, -0.2) is 17.7 Å². The lowest BCUT2D eigenvalue weighted by atomic mass is 9.61. The smallest absolute Gasteiger partial charge is 0.240 e. The zero-order valence-corrected chi connectivity index (χ0v) is 10.2. The van der Waals surface area contributed by atoms with E-state index in [0.29, 0.717) is 12.1 Å². The first kappa shape index (κ1) is 10.7. The van der Waals surface area contributed by atoms with E-state index in [1.54, 1.807) is 6.07 Å². The summed E-state index contributed by atoms with van der Waals surface area (Å²) in [7, 11) is 0. The van der Waals surface area contributed by atoms with Crippen LogP contribution in [-0.2, 0) is 26.2 Å². The monoisotopic (exact) mass is 256 g/mol. The van der Waals surface area contributed by atoms with E-state index in [9.17, 15) is 14.4 Å². The average Bonchev–Trinajstić information content (AvgIpc) is 2.62. The number of nitrogens with one attached hydrogen (secondary N) is 2. The molecule has 5 nitrogen and oxygen atoms in total. The second-order valence-corrected chi connectivity index (χ2v) is 5.41. The Balaban J connectivity index is 2.09. The molecule has 96 valence electrons. The molecule has 1 aromatic carbocycles. The lowest BCUT2D eigenvalue weighted by Gasteiger charge is -2.41. The highest BCUT2D eigenvalue weighted by Crippen LogP contribution is 2.51. The normalized spacial score (nSPS) is 31.4. The lowest BCUT2D eigenvalue weighted by molar-refractivity contribution is -0.133. The zero-order chi connectivity index (χ0) is 13.2. The average molecular weight is 256 g/mol. The van der Waals surface area contributed by atoms with Gasteiger partial charge in [-0.25, -0.2) is 0 Å². The minimum atomic E-state index is -0.969. The number of carbonyl (C=O) groups is 3. The van der Waals surface area contributed by atoms with Gasteiger partial charge in [0.05, 0.1) is 5.41 Å². The molecule has 0 bridgehead atoms. The van der Waals surface area contributed by atoms with Gasteiger partial charge in [0.2, 0.25) is 17.7 Å². The van der Waals surface area contributed by atoms with Crippen molar-refractivity contribution in [1.29, 1.82) is 0 Å². The molecule has 2 atom stereocenters. The summed E-state index contributed by atoms with van der Waals surface area (Å²) in [5.74, 6) is -2.06. The van der Waals surface area contributed by atoms with E-state index in [0.717, 1.165) is 24.0 Å². The van der Waals surface area contributed by atoms with E-state index in [1.807, 2.05) is 12.1 Å². The Hall–Kier alpha value is -2.17. The first-order valence-electron chi connectivity index (χ1n) is 6.43. The van der Waals surface area contributed by atoms with Crippen LogP contribution in [0.4, 0.5) is 5.69 Å². The Kier molecular flexibility index (Phi) is 1.82. The second-order valence-electron chi connectivity index (χ2n) is 5.41. The van der Waals surface area contributed by atoms with Crippen LogP contribution < -0.4 is 10.6 Å². The van der Waals surface area contributed by atoms with Crippen molar-refractivity contribution in [3.05, 3.63) is 29.3 Å². The second kappa shape index (κ2) is 3.23. The molecule has 2 aliphatic heterocycles. The minimum absolute atomic E-state index is 0.314. The fraction of sp³-hybridized carbons (Fsp3) is 0.357. The van der Waals surface area contributed by atoms with Crippen LogP contribution in [0, 0.1) is 5.92 Å². The van der Waals surface area contributed by atoms with Crippen LogP contribution in [0.25, 0.3) is 0 Å². The van der Waals surface area contributed by atoms with Gasteiger partial charge in [0, 0.05) is 5.69 Å². The summed E-state index contributed by atoms with van der Waals surface area (Å²) >= 11 is 0. The molecule has 3 aliphatic rings. The van der Waals surface area contributed by atoms with Crippen molar-refractivity contribution < 1.29 is 14.4 Å². The zero-order valence-electron chi connectivity index (χ0n) is 10.2. The molecule has 1 saturated heterocycles. The summed E-state index contributed by atoms with van der Waals surface area (Å²) in [6, 6.07) is 5.66. The van der Waals surface area contributed by atoms with Crippen molar-refractivity contribution in [3.63, 3.8) is 0 Å². The van der Waals surface area contributed by atoms with Crippen LogP contribution in [0.15, 0.2) is 18.2 Å². The molecule has 1 fully saturated rings. The third-order valence-corrected chi connectivity index (χ3v) is 4.53. The number of hydrogen-bond acceptors (Lipinski definition) is 3. The summed E-state index contributed by atoms with van der Waals surface area (Å²) in [5.41, 5.74) is 1.64. The van der Waals surface area contributed by atoms with E-state index in [4.69, 9.17) is 0 Å². The molecule has 0 saturated carbocycles. The predicted octanol–water partition coefficient (Wildman–Crippen LogP) is 0.485. The fourth-order valence-corrected chi connectivity index (χ4v) is 3.84. The van der Waals surface area contributed by atoms with Crippen LogP contribution >= 0.6 is 0 Å². The van der Waals surface area contributed by atoms with E-state index < -0.39 is 17.2 Å². The van der Waals surface area contributed by atoms with Gasteiger partial charge in [-0.3, -0.25) is 19.7 Å². The number of amides is 3. The molecule has 1 aromatic rings. The van der Waals surface area contributed by atoms with Crippen LogP contribution in [0.3, 0.4) is 0 Å². The van der Waals surface area contributed by atoms with E-state index >= 15 is 0 Å². The van der Waals surface area contributed by atoms with Crippen molar-refractivity contribution in [1.82, 2.24) is 5.32 Å². The molecule has 1 spiro atoms. The molecule has 19 heavy (non-hydrogen) atoms. The third kappa shape index (κ3) is 1.08. The molecule has 3 amide bonds. The molecular weight excluding hydrogens is 244 g/mol. The summed E-state index contributed by atoms with van der Waals surface area (Å²) in [6.07, 6.45) is 2.27. The lowest BCUT2D eigenvalue weighted by Crippen LogP contribution is -2.51. The van der Waals surface area contributed by atoms with Gasteiger partial charge >= 0.3 is 0 Å². The molecule has 2 unspecified atom stereocenters. The Morgan fingerprint density at radius 3 is 2.74 bits per heavy atom.